The number of rotatable bonds is 6. The van der Waals surface area contributed by atoms with E-state index in [0.29, 0.717) is 11.7 Å². The number of piperidine rings is 1. The molecule has 37 heavy (non-hydrogen) atoms. The molecular formula is C29H30ClN5OS. The SMILES string of the molecule is CC1CCN(c2ccc(N3C(=S)NC(c4ccccn4)C3c3cccn3Cc3ccco3)cc2Cl)CC1. The zero-order valence-electron chi connectivity index (χ0n) is 20.8. The van der Waals surface area contributed by atoms with Gasteiger partial charge < -0.3 is 24.1 Å². The third-order valence-electron chi connectivity index (χ3n) is 7.51. The van der Waals surface area contributed by atoms with Crippen molar-refractivity contribution in [1.82, 2.24) is 14.9 Å². The number of hydrogen-bond donors (Lipinski definition) is 1. The lowest BCUT2D eigenvalue weighted by Crippen LogP contribution is -2.33. The summed E-state index contributed by atoms with van der Waals surface area (Å²) in [6, 6.07) is 20.2. The molecule has 2 fully saturated rings. The average Bonchev–Trinajstić information content (AvgIpc) is 3.66. The Labute approximate surface area is 227 Å². The van der Waals surface area contributed by atoms with Gasteiger partial charge in [-0.1, -0.05) is 24.6 Å². The van der Waals surface area contributed by atoms with Gasteiger partial charge in [-0.05, 0) is 85.6 Å². The van der Waals surface area contributed by atoms with E-state index in [2.05, 4.69) is 68.1 Å². The van der Waals surface area contributed by atoms with Crippen molar-refractivity contribution in [2.45, 2.75) is 38.4 Å². The molecule has 190 valence electrons. The number of nitrogens with one attached hydrogen (secondary N) is 1. The Balaban J connectivity index is 1.38. The quantitative estimate of drug-likeness (QED) is 0.283. The van der Waals surface area contributed by atoms with E-state index >= 15 is 0 Å². The number of furan rings is 1. The number of anilines is 2. The highest BCUT2D eigenvalue weighted by Crippen LogP contribution is 2.43. The zero-order chi connectivity index (χ0) is 25.4. The van der Waals surface area contributed by atoms with Gasteiger partial charge in [0.15, 0.2) is 5.11 Å². The summed E-state index contributed by atoms with van der Waals surface area (Å²) in [5, 5.41) is 4.96. The van der Waals surface area contributed by atoms with Crippen LogP contribution in [-0.4, -0.2) is 27.8 Å². The molecular weight excluding hydrogens is 502 g/mol. The lowest BCUT2D eigenvalue weighted by molar-refractivity contribution is 0.438. The van der Waals surface area contributed by atoms with Crippen LogP contribution in [0.25, 0.3) is 0 Å². The second kappa shape index (κ2) is 10.2. The van der Waals surface area contributed by atoms with Crippen LogP contribution in [-0.2, 0) is 6.54 Å². The fourth-order valence-corrected chi connectivity index (χ4v) is 6.14. The normalized spacial score (nSPS) is 20.4. The molecule has 8 heteroatoms. The van der Waals surface area contributed by atoms with Crippen molar-refractivity contribution in [3.63, 3.8) is 0 Å². The van der Waals surface area contributed by atoms with Crippen molar-refractivity contribution in [3.05, 3.63) is 101 Å². The summed E-state index contributed by atoms with van der Waals surface area (Å²) in [4.78, 5) is 9.25. The van der Waals surface area contributed by atoms with Crippen LogP contribution in [0.1, 0.15) is 49.0 Å². The molecule has 2 saturated heterocycles. The summed E-state index contributed by atoms with van der Waals surface area (Å²) in [6.45, 7) is 5.03. The highest BCUT2D eigenvalue weighted by molar-refractivity contribution is 7.80. The summed E-state index contributed by atoms with van der Waals surface area (Å²) < 4.78 is 7.87. The van der Waals surface area contributed by atoms with Crippen molar-refractivity contribution in [2.75, 3.05) is 22.9 Å². The fourth-order valence-electron chi connectivity index (χ4n) is 5.50. The summed E-state index contributed by atoms with van der Waals surface area (Å²) >= 11 is 12.8. The average molecular weight is 532 g/mol. The molecule has 0 saturated carbocycles. The van der Waals surface area contributed by atoms with E-state index < -0.39 is 0 Å². The molecule has 4 aromatic rings. The topological polar surface area (TPSA) is 49.5 Å². The molecule has 0 spiro atoms. The maximum Gasteiger partial charge on any atom is 0.174 e. The largest absolute Gasteiger partial charge is 0.467 e. The maximum atomic E-state index is 6.92. The molecule has 6 rings (SSSR count). The molecule has 3 aromatic heterocycles. The Hall–Kier alpha value is -3.29. The summed E-state index contributed by atoms with van der Waals surface area (Å²) in [5.74, 6) is 1.67. The summed E-state index contributed by atoms with van der Waals surface area (Å²) in [5.41, 5.74) is 4.11. The first kappa shape index (κ1) is 24.1. The Bertz CT molecular complexity index is 1360. The number of thiocarbonyl (C=S) groups is 1. The summed E-state index contributed by atoms with van der Waals surface area (Å²) in [7, 11) is 0. The van der Waals surface area contributed by atoms with E-state index in [1.165, 1.54) is 12.8 Å². The lowest BCUT2D eigenvalue weighted by atomic mass is 9.98. The van der Waals surface area contributed by atoms with Crippen LogP contribution in [0.3, 0.4) is 0 Å². The van der Waals surface area contributed by atoms with E-state index in [1.807, 2.05) is 36.5 Å². The Kier molecular flexibility index (Phi) is 6.65. The minimum absolute atomic E-state index is 0.120. The molecule has 5 heterocycles. The first-order valence-electron chi connectivity index (χ1n) is 12.8. The molecule has 1 N–H and O–H groups in total. The molecule has 2 aliphatic rings. The van der Waals surface area contributed by atoms with Crippen LogP contribution >= 0.6 is 23.8 Å². The molecule has 0 bridgehead atoms. The van der Waals surface area contributed by atoms with Gasteiger partial charge >= 0.3 is 0 Å². The van der Waals surface area contributed by atoms with Gasteiger partial charge in [-0.3, -0.25) is 4.98 Å². The monoisotopic (exact) mass is 531 g/mol. The maximum absolute atomic E-state index is 6.92. The predicted molar refractivity (Wildman–Crippen MR) is 152 cm³/mol. The van der Waals surface area contributed by atoms with Crippen LogP contribution in [0.15, 0.2) is 83.7 Å². The molecule has 2 atom stereocenters. The molecule has 1 aromatic carbocycles. The van der Waals surface area contributed by atoms with Gasteiger partial charge in [0.25, 0.3) is 0 Å². The summed E-state index contributed by atoms with van der Waals surface area (Å²) in [6.07, 6.45) is 8.00. The van der Waals surface area contributed by atoms with Crippen LogP contribution in [0, 0.1) is 5.92 Å². The zero-order valence-corrected chi connectivity index (χ0v) is 22.3. The predicted octanol–water partition coefficient (Wildman–Crippen LogP) is 6.59. The first-order chi connectivity index (χ1) is 18.1. The minimum atomic E-state index is -0.124. The van der Waals surface area contributed by atoms with Gasteiger partial charge in [0.05, 0.1) is 35.3 Å². The molecule has 6 nitrogen and oxygen atoms in total. The fraction of sp³-hybridized carbons (Fsp3) is 0.310. The van der Waals surface area contributed by atoms with E-state index in [9.17, 15) is 0 Å². The van der Waals surface area contributed by atoms with Gasteiger partial charge in [0, 0.05) is 36.9 Å². The van der Waals surface area contributed by atoms with Gasteiger partial charge in [-0.2, -0.15) is 0 Å². The van der Waals surface area contributed by atoms with Crippen molar-refractivity contribution in [2.24, 2.45) is 5.92 Å². The molecule has 2 unspecified atom stereocenters. The highest BCUT2D eigenvalue weighted by atomic mass is 35.5. The van der Waals surface area contributed by atoms with Crippen LogP contribution < -0.4 is 15.1 Å². The van der Waals surface area contributed by atoms with E-state index in [0.717, 1.165) is 52.6 Å². The molecule has 0 aliphatic carbocycles. The Morgan fingerprint density at radius 1 is 1.08 bits per heavy atom. The van der Waals surface area contributed by atoms with Crippen molar-refractivity contribution in [3.8, 4) is 0 Å². The number of benzene rings is 1. The smallest absolute Gasteiger partial charge is 0.174 e. The van der Waals surface area contributed by atoms with E-state index in [4.69, 9.17) is 28.2 Å². The number of hydrogen-bond acceptors (Lipinski definition) is 4. The second-order valence-corrected chi connectivity index (χ2v) is 10.7. The van der Waals surface area contributed by atoms with E-state index in [-0.39, 0.29) is 12.1 Å². The first-order valence-corrected chi connectivity index (χ1v) is 13.6. The Morgan fingerprint density at radius 3 is 2.68 bits per heavy atom. The van der Waals surface area contributed by atoms with Crippen molar-refractivity contribution >= 4 is 40.3 Å². The number of aromatic nitrogens is 2. The number of pyridine rings is 1. The van der Waals surface area contributed by atoms with Gasteiger partial charge in [0.1, 0.15) is 11.8 Å². The van der Waals surface area contributed by atoms with Crippen LogP contribution in [0.2, 0.25) is 5.02 Å². The second-order valence-electron chi connectivity index (χ2n) is 9.94. The van der Waals surface area contributed by atoms with Crippen molar-refractivity contribution < 1.29 is 4.42 Å². The van der Waals surface area contributed by atoms with E-state index in [1.54, 1.807) is 6.26 Å². The molecule has 2 aliphatic heterocycles. The molecule has 0 amide bonds. The number of halogens is 1. The highest BCUT2D eigenvalue weighted by Gasteiger charge is 2.42. The van der Waals surface area contributed by atoms with Crippen LogP contribution in [0.4, 0.5) is 11.4 Å². The molecule has 0 radical (unpaired) electrons. The third-order valence-corrected chi connectivity index (χ3v) is 8.12. The van der Waals surface area contributed by atoms with Gasteiger partial charge in [0.2, 0.25) is 0 Å². The van der Waals surface area contributed by atoms with Crippen LogP contribution in [0.5, 0.6) is 0 Å². The standard InChI is InChI=1S/C29H30ClN5OS/c1-20-11-15-33(16-12-20)25-10-9-21(18-23(25)30)35-28(27(32-29(35)37)24-7-2-3-13-31-24)26-8-4-14-34(26)19-22-6-5-17-36-22/h2-10,13-14,17-18,20,27-28H,11-12,15-16,19H2,1H3,(H,32,37). The van der Waals surface area contributed by atoms with Gasteiger partial charge in [-0.15, -0.1) is 0 Å². The minimum Gasteiger partial charge on any atom is -0.467 e. The number of nitrogens with zero attached hydrogens (tertiary/aromatic N) is 4. The Morgan fingerprint density at radius 2 is 1.95 bits per heavy atom. The lowest BCUT2D eigenvalue weighted by Gasteiger charge is -2.33. The van der Waals surface area contributed by atoms with Gasteiger partial charge in [-0.25, -0.2) is 0 Å². The van der Waals surface area contributed by atoms with Crippen molar-refractivity contribution in [1.29, 1.82) is 0 Å². The third kappa shape index (κ3) is 4.74.